The summed E-state index contributed by atoms with van der Waals surface area (Å²) in [4.78, 5) is 23.8. The number of amides is 1. The number of nitrogens with zero attached hydrogens (tertiary/aromatic N) is 1. The maximum absolute atomic E-state index is 13.0. The lowest BCUT2D eigenvalue weighted by Crippen LogP contribution is -2.30. The van der Waals surface area contributed by atoms with E-state index in [1.165, 1.54) is 19.2 Å². The Morgan fingerprint density at radius 3 is 2.53 bits per heavy atom. The number of aliphatic hydroxyl groups is 1. The number of nitro groups is 1. The number of rotatable bonds is 11. The zero-order valence-electron chi connectivity index (χ0n) is 19.4. The fourth-order valence-corrected chi connectivity index (χ4v) is 3.85. The van der Waals surface area contributed by atoms with Gasteiger partial charge in [0.05, 0.1) is 30.3 Å². The third-order valence-electron chi connectivity index (χ3n) is 5.74. The van der Waals surface area contributed by atoms with Crippen LogP contribution in [0, 0.1) is 10.1 Å². The summed E-state index contributed by atoms with van der Waals surface area (Å²) in [5, 5.41) is 27.2. The third kappa shape index (κ3) is 6.82. The van der Waals surface area contributed by atoms with Crippen LogP contribution in [-0.2, 0) is 11.3 Å². The standard InChI is InChI=1S/C24H31N3O7/c1-32-11-12-34-22-10-3-16(13-23(22)33-2)15-25-24(29)20-14-18(27(30)31)6-9-21(20)26-17-4-7-19(28)8-5-17/h3,6,9-10,13-14,17,19,26,28H,4-5,7-8,11-12,15H2,1-2H3,(H,25,29). The molecule has 1 amide bonds. The molecule has 0 saturated heterocycles. The number of benzene rings is 2. The van der Waals surface area contributed by atoms with Crippen molar-refractivity contribution in [3.05, 3.63) is 57.6 Å². The molecule has 10 heteroatoms. The Balaban J connectivity index is 1.71. The Kier molecular flexibility index (Phi) is 9.06. The first-order chi connectivity index (χ1) is 16.4. The Bertz CT molecular complexity index is 991. The van der Waals surface area contributed by atoms with E-state index in [9.17, 15) is 20.0 Å². The van der Waals surface area contributed by atoms with Crippen LogP contribution in [0.4, 0.5) is 11.4 Å². The number of ether oxygens (including phenoxy) is 3. The van der Waals surface area contributed by atoms with Gasteiger partial charge in [0.1, 0.15) is 6.61 Å². The summed E-state index contributed by atoms with van der Waals surface area (Å²) in [5.74, 6) is 0.666. The molecule has 0 unspecified atom stereocenters. The number of hydrogen-bond acceptors (Lipinski definition) is 8. The van der Waals surface area contributed by atoms with Crippen molar-refractivity contribution in [2.24, 2.45) is 0 Å². The summed E-state index contributed by atoms with van der Waals surface area (Å²) >= 11 is 0. The number of nitro benzene ring substituents is 1. The molecule has 1 aliphatic carbocycles. The van der Waals surface area contributed by atoms with Crippen LogP contribution in [0.25, 0.3) is 0 Å². The minimum absolute atomic E-state index is 0.0892. The van der Waals surface area contributed by atoms with E-state index in [0.29, 0.717) is 43.2 Å². The fraction of sp³-hybridized carbons (Fsp3) is 0.458. The maximum atomic E-state index is 13.0. The molecule has 0 spiro atoms. The quantitative estimate of drug-likeness (QED) is 0.257. The van der Waals surface area contributed by atoms with Crippen LogP contribution in [0.1, 0.15) is 41.6 Å². The van der Waals surface area contributed by atoms with Gasteiger partial charge >= 0.3 is 0 Å². The second-order valence-electron chi connectivity index (χ2n) is 8.15. The predicted octanol–water partition coefficient (Wildman–Crippen LogP) is 3.27. The predicted molar refractivity (Wildman–Crippen MR) is 127 cm³/mol. The van der Waals surface area contributed by atoms with Gasteiger partial charge in [0, 0.05) is 37.5 Å². The Morgan fingerprint density at radius 1 is 1.09 bits per heavy atom. The lowest BCUT2D eigenvalue weighted by molar-refractivity contribution is -0.384. The van der Waals surface area contributed by atoms with Gasteiger partial charge < -0.3 is 30.0 Å². The first-order valence-corrected chi connectivity index (χ1v) is 11.2. The van der Waals surface area contributed by atoms with E-state index in [0.717, 1.165) is 18.4 Å². The number of anilines is 1. The summed E-state index contributed by atoms with van der Waals surface area (Å²) < 4.78 is 16.0. The van der Waals surface area contributed by atoms with E-state index in [1.807, 2.05) is 6.07 Å². The minimum Gasteiger partial charge on any atom is -0.493 e. The molecular weight excluding hydrogens is 442 g/mol. The number of non-ortho nitro benzene ring substituents is 1. The van der Waals surface area contributed by atoms with Gasteiger partial charge in [0.2, 0.25) is 0 Å². The third-order valence-corrected chi connectivity index (χ3v) is 5.74. The molecule has 34 heavy (non-hydrogen) atoms. The van der Waals surface area contributed by atoms with Crippen molar-refractivity contribution in [3.8, 4) is 11.5 Å². The van der Waals surface area contributed by atoms with Gasteiger partial charge in [-0.05, 0) is 49.4 Å². The van der Waals surface area contributed by atoms with Gasteiger partial charge in [0.25, 0.3) is 11.6 Å². The average molecular weight is 474 g/mol. The molecule has 2 aromatic rings. The van der Waals surface area contributed by atoms with Crippen molar-refractivity contribution in [3.63, 3.8) is 0 Å². The lowest BCUT2D eigenvalue weighted by atomic mass is 9.92. The number of nitrogens with one attached hydrogen (secondary N) is 2. The van der Waals surface area contributed by atoms with Crippen LogP contribution in [0.2, 0.25) is 0 Å². The number of carbonyl (C=O) groups excluding carboxylic acids is 1. The van der Waals surface area contributed by atoms with Gasteiger partial charge in [-0.2, -0.15) is 0 Å². The zero-order valence-corrected chi connectivity index (χ0v) is 19.4. The second-order valence-corrected chi connectivity index (χ2v) is 8.15. The first-order valence-electron chi connectivity index (χ1n) is 11.2. The Labute approximate surface area is 198 Å². The molecule has 0 aliphatic heterocycles. The topological polar surface area (TPSA) is 132 Å². The monoisotopic (exact) mass is 473 g/mol. The molecule has 1 aliphatic rings. The first kappa shape index (κ1) is 25.3. The highest BCUT2D eigenvalue weighted by molar-refractivity contribution is 6.00. The van der Waals surface area contributed by atoms with Crippen molar-refractivity contribution in [1.82, 2.24) is 5.32 Å². The van der Waals surface area contributed by atoms with E-state index < -0.39 is 10.8 Å². The number of methoxy groups -OCH3 is 2. The van der Waals surface area contributed by atoms with Crippen molar-refractivity contribution in [2.75, 3.05) is 32.8 Å². The molecule has 10 nitrogen and oxygen atoms in total. The van der Waals surface area contributed by atoms with E-state index in [2.05, 4.69) is 10.6 Å². The molecule has 0 radical (unpaired) electrons. The summed E-state index contributed by atoms with van der Waals surface area (Å²) in [6.45, 7) is 1.03. The van der Waals surface area contributed by atoms with Crippen molar-refractivity contribution >= 4 is 17.3 Å². The number of aliphatic hydroxyl groups excluding tert-OH is 1. The van der Waals surface area contributed by atoms with Crippen LogP contribution in [0.15, 0.2) is 36.4 Å². The van der Waals surface area contributed by atoms with Crippen LogP contribution in [0.3, 0.4) is 0 Å². The lowest BCUT2D eigenvalue weighted by Gasteiger charge is -2.27. The van der Waals surface area contributed by atoms with E-state index in [1.54, 1.807) is 25.3 Å². The van der Waals surface area contributed by atoms with Crippen molar-refractivity contribution < 1.29 is 29.0 Å². The highest BCUT2D eigenvalue weighted by Gasteiger charge is 2.23. The largest absolute Gasteiger partial charge is 0.493 e. The van der Waals surface area contributed by atoms with Crippen LogP contribution in [0.5, 0.6) is 11.5 Å². The molecule has 0 atom stereocenters. The van der Waals surface area contributed by atoms with Crippen LogP contribution >= 0.6 is 0 Å². The second kappa shape index (κ2) is 12.2. The van der Waals surface area contributed by atoms with Crippen molar-refractivity contribution in [2.45, 2.75) is 44.4 Å². The zero-order chi connectivity index (χ0) is 24.5. The number of carbonyl (C=O) groups is 1. The fourth-order valence-electron chi connectivity index (χ4n) is 3.85. The molecule has 3 N–H and O–H groups in total. The van der Waals surface area contributed by atoms with E-state index in [4.69, 9.17) is 14.2 Å². The summed E-state index contributed by atoms with van der Waals surface area (Å²) in [6, 6.07) is 9.65. The van der Waals surface area contributed by atoms with E-state index >= 15 is 0 Å². The highest BCUT2D eigenvalue weighted by Crippen LogP contribution is 2.29. The molecule has 0 aromatic heterocycles. The minimum atomic E-state index is -0.523. The molecule has 1 saturated carbocycles. The molecule has 0 heterocycles. The van der Waals surface area contributed by atoms with Crippen molar-refractivity contribution in [1.29, 1.82) is 0 Å². The highest BCUT2D eigenvalue weighted by atomic mass is 16.6. The maximum Gasteiger partial charge on any atom is 0.270 e. The number of hydrogen-bond donors (Lipinski definition) is 3. The molecule has 184 valence electrons. The SMILES string of the molecule is COCCOc1ccc(CNC(=O)c2cc([N+](=O)[O-])ccc2NC2CCC(O)CC2)cc1OC. The molecule has 0 bridgehead atoms. The van der Waals surface area contributed by atoms with Gasteiger partial charge in [-0.15, -0.1) is 0 Å². The summed E-state index contributed by atoms with van der Waals surface area (Å²) in [5.41, 5.74) is 1.36. The molecular formula is C24H31N3O7. The van der Waals surface area contributed by atoms with Crippen LogP contribution < -0.4 is 20.1 Å². The van der Waals surface area contributed by atoms with Gasteiger partial charge in [-0.25, -0.2) is 0 Å². The Hall–Kier alpha value is -3.37. The molecule has 2 aromatic carbocycles. The summed E-state index contributed by atoms with van der Waals surface area (Å²) in [7, 11) is 3.13. The average Bonchev–Trinajstić information content (AvgIpc) is 2.84. The smallest absolute Gasteiger partial charge is 0.270 e. The van der Waals surface area contributed by atoms with Gasteiger partial charge in [-0.3, -0.25) is 14.9 Å². The molecule has 3 rings (SSSR count). The van der Waals surface area contributed by atoms with Gasteiger partial charge in [0.15, 0.2) is 11.5 Å². The van der Waals surface area contributed by atoms with E-state index in [-0.39, 0.29) is 29.9 Å². The molecule has 1 fully saturated rings. The summed E-state index contributed by atoms with van der Waals surface area (Å²) in [6.07, 6.45) is 2.58. The van der Waals surface area contributed by atoms with Crippen LogP contribution in [-0.4, -0.2) is 55.5 Å². The Morgan fingerprint density at radius 2 is 1.85 bits per heavy atom. The normalized spacial score (nSPS) is 17.6. The van der Waals surface area contributed by atoms with Gasteiger partial charge in [-0.1, -0.05) is 6.07 Å².